The molecule has 1 aromatic rings. The Morgan fingerprint density at radius 3 is 2.94 bits per heavy atom. The number of anilines is 2. The minimum absolute atomic E-state index is 0.121. The van der Waals surface area contributed by atoms with Crippen LogP contribution in [-0.2, 0) is 4.74 Å². The molecule has 0 amide bonds. The first-order valence-corrected chi connectivity index (χ1v) is 5.10. The van der Waals surface area contributed by atoms with Gasteiger partial charge in [0.2, 0.25) is 5.95 Å². The van der Waals surface area contributed by atoms with E-state index in [-0.39, 0.29) is 12.6 Å². The van der Waals surface area contributed by atoms with Crippen LogP contribution in [0.3, 0.4) is 0 Å². The monoisotopic (exact) mass is 267 g/mol. The summed E-state index contributed by atoms with van der Waals surface area (Å²) >= 11 is 5.80. The quantitative estimate of drug-likeness (QED) is 0.390. The van der Waals surface area contributed by atoms with E-state index < -0.39 is 13.0 Å². The third-order valence-corrected chi connectivity index (χ3v) is 1.93. The number of ether oxygens (including phenoxy) is 1. The second-order valence-corrected chi connectivity index (χ2v) is 3.33. The highest BCUT2D eigenvalue weighted by Crippen LogP contribution is 2.18. The largest absolute Gasteiger partial charge is 0.374 e. The van der Waals surface area contributed by atoms with Gasteiger partial charge >= 0.3 is 0 Å². The van der Waals surface area contributed by atoms with Crippen LogP contribution in [-0.4, -0.2) is 36.2 Å². The third kappa shape index (κ3) is 5.07. The number of hydrazine groups is 1. The van der Waals surface area contributed by atoms with Crippen molar-refractivity contribution in [1.82, 2.24) is 9.97 Å². The van der Waals surface area contributed by atoms with E-state index in [1.54, 1.807) is 0 Å². The maximum absolute atomic E-state index is 11.7. The summed E-state index contributed by atoms with van der Waals surface area (Å²) in [5, 5.41) is 3.12. The Morgan fingerprint density at radius 1 is 1.53 bits per heavy atom. The normalized spacial score (nSPS) is 10.6. The van der Waals surface area contributed by atoms with Gasteiger partial charge in [0.25, 0.3) is 6.43 Å². The Morgan fingerprint density at radius 2 is 2.29 bits per heavy atom. The van der Waals surface area contributed by atoms with Gasteiger partial charge in [-0.15, -0.1) is 0 Å². The third-order valence-electron chi connectivity index (χ3n) is 1.66. The number of nitrogen functional groups attached to an aromatic ring is 1. The van der Waals surface area contributed by atoms with Gasteiger partial charge in [-0.25, -0.2) is 19.6 Å². The summed E-state index contributed by atoms with van der Waals surface area (Å²) in [6.07, 6.45) is -1.10. The number of nitrogens with two attached hydrogens (primary N) is 1. The molecule has 4 N–H and O–H groups in total. The molecule has 0 spiro atoms. The van der Waals surface area contributed by atoms with Crippen molar-refractivity contribution in [2.45, 2.75) is 6.43 Å². The molecule has 9 heteroatoms. The second kappa shape index (κ2) is 7.15. The summed E-state index contributed by atoms with van der Waals surface area (Å²) in [5.41, 5.74) is 2.26. The molecule has 1 rings (SSSR count). The van der Waals surface area contributed by atoms with Gasteiger partial charge in [0.05, 0.1) is 12.8 Å². The standard InChI is InChI=1S/C8H12ClF2N5O/c9-5-3-14-8(16-12)15-7(5)13-1-2-17-4-6(10)11/h3,6H,1-2,4,12H2,(H2,13,14,15,16). The highest BCUT2D eigenvalue weighted by molar-refractivity contribution is 6.32. The molecule has 0 fully saturated rings. The smallest absolute Gasteiger partial charge is 0.261 e. The number of halogens is 3. The SMILES string of the molecule is NNc1ncc(Cl)c(NCCOCC(F)F)n1. The zero-order valence-corrected chi connectivity index (χ0v) is 9.55. The molecule has 1 aromatic heterocycles. The number of nitrogens with one attached hydrogen (secondary N) is 2. The van der Waals surface area contributed by atoms with Crippen LogP contribution in [0.1, 0.15) is 0 Å². The summed E-state index contributed by atoms with van der Waals surface area (Å²) in [7, 11) is 0. The lowest BCUT2D eigenvalue weighted by Gasteiger charge is -2.08. The Balaban J connectivity index is 2.35. The van der Waals surface area contributed by atoms with Crippen molar-refractivity contribution in [3.63, 3.8) is 0 Å². The molecular weight excluding hydrogens is 256 g/mol. The Hall–Kier alpha value is -1.25. The Kier molecular flexibility index (Phi) is 5.81. The van der Waals surface area contributed by atoms with E-state index in [4.69, 9.17) is 17.4 Å². The first-order valence-electron chi connectivity index (χ1n) is 4.72. The van der Waals surface area contributed by atoms with Crippen molar-refractivity contribution in [3.8, 4) is 0 Å². The van der Waals surface area contributed by atoms with Gasteiger partial charge in [-0.05, 0) is 0 Å². The van der Waals surface area contributed by atoms with Crippen LogP contribution in [0.4, 0.5) is 20.5 Å². The van der Waals surface area contributed by atoms with E-state index in [0.717, 1.165) is 0 Å². The van der Waals surface area contributed by atoms with E-state index in [2.05, 4.69) is 25.4 Å². The lowest BCUT2D eigenvalue weighted by atomic mass is 10.5. The van der Waals surface area contributed by atoms with Gasteiger partial charge in [-0.1, -0.05) is 11.6 Å². The number of alkyl halides is 2. The molecule has 0 radical (unpaired) electrons. The van der Waals surface area contributed by atoms with Crippen LogP contribution < -0.4 is 16.6 Å². The molecule has 0 aliphatic rings. The molecule has 0 aliphatic heterocycles. The number of hydrogen-bond donors (Lipinski definition) is 3. The van der Waals surface area contributed by atoms with E-state index in [0.29, 0.717) is 17.4 Å². The second-order valence-electron chi connectivity index (χ2n) is 2.93. The molecule has 6 nitrogen and oxygen atoms in total. The highest BCUT2D eigenvalue weighted by Gasteiger charge is 2.05. The molecule has 0 saturated carbocycles. The fourth-order valence-corrected chi connectivity index (χ4v) is 1.13. The van der Waals surface area contributed by atoms with Crippen molar-refractivity contribution in [1.29, 1.82) is 0 Å². The topological polar surface area (TPSA) is 85.1 Å². The van der Waals surface area contributed by atoms with Crippen LogP contribution in [0.15, 0.2) is 6.20 Å². The maximum atomic E-state index is 11.7. The van der Waals surface area contributed by atoms with Gasteiger partial charge in [-0.2, -0.15) is 4.98 Å². The molecule has 1 heterocycles. The van der Waals surface area contributed by atoms with E-state index in [1.807, 2.05) is 0 Å². The maximum Gasteiger partial charge on any atom is 0.261 e. The zero-order chi connectivity index (χ0) is 12.7. The zero-order valence-electron chi connectivity index (χ0n) is 8.79. The van der Waals surface area contributed by atoms with E-state index >= 15 is 0 Å². The van der Waals surface area contributed by atoms with Crippen molar-refractivity contribution in [3.05, 3.63) is 11.2 Å². The Labute approximate surface area is 101 Å². The fraction of sp³-hybridized carbons (Fsp3) is 0.500. The predicted octanol–water partition coefficient (Wildman–Crippen LogP) is 1.11. The molecule has 0 unspecified atom stereocenters. The molecule has 0 aliphatic carbocycles. The number of nitrogens with zero attached hydrogens (tertiary/aromatic N) is 2. The highest BCUT2D eigenvalue weighted by atomic mass is 35.5. The minimum Gasteiger partial charge on any atom is -0.374 e. The average molecular weight is 268 g/mol. The van der Waals surface area contributed by atoms with Crippen LogP contribution in [0, 0.1) is 0 Å². The van der Waals surface area contributed by atoms with Gasteiger partial charge in [0.15, 0.2) is 5.82 Å². The summed E-state index contributed by atoms with van der Waals surface area (Å²) in [4.78, 5) is 7.70. The summed E-state index contributed by atoms with van der Waals surface area (Å²) in [5.74, 6) is 5.68. The van der Waals surface area contributed by atoms with Gasteiger partial charge < -0.3 is 10.1 Å². The summed E-state index contributed by atoms with van der Waals surface area (Å²) in [6.45, 7) is -0.168. The molecule has 0 bridgehead atoms. The van der Waals surface area contributed by atoms with E-state index in [1.165, 1.54) is 6.20 Å². The van der Waals surface area contributed by atoms with Gasteiger partial charge in [0, 0.05) is 6.54 Å². The van der Waals surface area contributed by atoms with Crippen molar-refractivity contribution in [2.75, 3.05) is 30.5 Å². The average Bonchev–Trinajstić information content (AvgIpc) is 2.30. The van der Waals surface area contributed by atoms with Gasteiger partial charge in [0.1, 0.15) is 11.6 Å². The summed E-state index contributed by atoms with van der Waals surface area (Å²) < 4.78 is 28.2. The summed E-state index contributed by atoms with van der Waals surface area (Å²) in [6, 6.07) is 0. The molecular formula is C8H12ClF2N5O. The predicted molar refractivity (Wildman–Crippen MR) is 60.2 cm³/mol. The molecule has 96 valence electrons. The van der Waals surface area contributed by atoms with Crippen molar-refractivity contribution < 1.29 is 13.5 Å². The number of hydrogen-bond acceptors (Lipinski definition) is 6. The van der Waals surface area contributed by atoms with Crippen LogP contribution in [0.2, 0.25) is 5.02 Å². The first-order chi connectivity index (χ1) is 8.13. The van der Waals surface area contributed by atoms with Crippen LogP contribution in [0.5, 0.6) is 0 Å². The van der Waals surface area contributed by atoms with Crippen LogP contribution in [0.25, 0.3) is 0 Å². The Bertz CT molecular complexity index is 355. The molecule has 17 heavy (non-hydrogen) atoms. The van der Waals surface area contributed by atoms with Gasteiger partial charge in [-0.3, -0.25) is 5.43 Å². The van der Waals surface area contributed by atoms with Crippen molar-refractivity contribution >= 4 is 23.4 Å². The fourth-order valence-electron chi connectivity index (χ4n) is 0.975. The first kappa shape index (κ1) is 13.8. The van der Waals surface area contributed by atoms with Crippen LogP contribution >= 0.6 is 11.6 Å². The molecule has 0 aromatic carbocycles. The van der Waals surface area contributed by atoms with Crippen molar-refractivity contribution in [2.24, 2.45) is 5.84 Å². The van der Waals surface area contributed by atoms with E-state index in [9.17, 15) is 8.78 Å². The lowest BCUT2D eigenvalue weighted by molar-refractivity contribution is 0.0215. The lowest BCUT2D eigenvalue weighted by Crippen LogP contribution is -2.15. The number of rotatable bonds is 7. The molecule has 0 saturated heterocycles. The molecule has 0 atom stereocenters. The number of aromatic nitrogens is 2. The minimum atomic E-state index is -2.47.